The van der Waals surface area contributed by atoms with Gasteiger partial charge in [0, 0.05) is 11.1 Å². The Morgan fingerprint density at radius 3 is 1.54 bits per heavy atom. The first kappa shape index (κ1) is 20.6. The molecule has 8 nitrogen and oxygen atoms in total. The van der Waals surface area contributed by atoms with E-state index in [0.717, 1.165) is 11.1 Å². The van der Waals surface area contributed by atoms with Crippen LogP contribution in [0.3, 0.4) is 0 Å². The van der Waals surface area contributed by atoms with Crippen molar-refractivity contribution >= 4 is 24.1 Å². The van der Waals surface area contributed by atoms with Crippen LogP contribution in [-0.4, -0.2) is 37.3 Å². The molecule has 28 heavy (non-hydrogen) atoms. The van der Waals surface area contributed by atoms with E-state index in [1.165, 1.54) is 12.4 Å². The van der Waals surface area contributed by atoms with E-state index >= 15 is 0 Å². The van der Waals surface area contributed by atoms with Crippen LogP contribution in [-0.2, 0) is 0 Å². The van der Waals surface area contributed by atoms with Crippen molar-refractivity contribution in [1.29, 1.82) is 0 Å². The highest BCUT2D eigenvalue weighted by Crippen LogP contribution is 2.16. The number of nitrogens with zero attached hydrogens (tertiary/aromatic N) is 4. The molecule has 0 aliphatic heterocycles. The molecule has 0 aromatic heterocycles. The second kappa shape index (κ2) is 11.1. The SMILES string of the molecule is CCOc1ccccc1/C=N/N=C(N)C(N)=N/N=C/c1ccccc1OCC. The topological polar surface area (TPSA) is 120 Å². The summed E-state index contributed by atoms with van der Waals surface area (Å²) in [5.41, 5.74) is 13.1. The van der Waals surface area contributed by atoms with E-state index in [1.807, 2.05) is 62.4 Å². The zero-order chi connectivity index (χ0) is 20.2. The molecule has 0 bridgehead atoms. The molecule has 0 saturated carbocycles. The third-order valence-corrected chi connectivity index (χ3v) is 3.42. The van der Waals surface area contributed by atoms with E-state index in [-0.39, 0.29) is 11.7 Å². The minimum Gasteiger partial charge on any atom is -0.493 e. The molecule has 0 saturated heterocycles. The second-order valence-electron chi connectivity index (χ2n) is 5.40. The Hall–Kier alpha value is -3.68. The number of nitrogens with two attached hydrogens (primary N) is 2. The highest BCUT2D eigenvalue weighted by Gasteiger charge is 2.01. The highest BCUT2D eigenvalue weighted by molar-refractivity contribution is 6.39. The normalized spacial score (nSPS) is 12.6. The number of amidine groups is 2. The molecule has 0 aliphatic carbocycles. The summed E-state index contributed by atoms with van der Waals surface area (Å²) < 4.78 is 11.0. The minimum absolute atomic E-state index is 0.0413. The fourth-order valence-corrected chi connectivity index (χ4v) is 2.16. The van der Waals surface area contributed by atoms with E-state index in [9.17, 15) is 0 Å². The van der Waals surface area contributed by atoms with Crippen LogP contribution in [0.1, 0.15) is 25.0 Å². The zero-order valence-electron chi connectivity index (χ0n) is 15.9. The Morgan fingerprint density at radius 2 is 1.14 bits per heavy atom. The standard InChI is InChI=1S/C20H24N6O2/c1-3-27-17-11-7-5-9-15(17)13-23-25-19(21)20(22)26-24-14-16-10-6-8-12-18(16)28-4-2/h5-14H,3-4H2,1-2H3,(H2,21,25)(H2,22,26)/b23-13+,24-14+. The molecule has 0 fully saturated rings. The smallest absolute Gasteiger partial charge is 0.190 e. The molecular weight excluding hydrogens is 356 g/mol. The molecule has 2 rings (SSSR count). The fraction of sp³-hybridized carbons (Fsp3) is 0.200. The molecule has 0 radical (unpaired) electrons. The van der Waals surface area contributed by atoms with Crippen LogP contribution < -0.4 is 20.9 Å². The molecule has 0 heterocycles. The molecule has 4 N–H and O–H groups in total. The van der Waals surface area contributed by atoms with Crippen LogP contribution in [0.4, 0.5) is 0 Å². The average Bonchev–Trinajstić information content (AvgIpc) is 2.70. The third-order valence-electron chi connectivity index (χ3n) is 3.42. The lowest BCUT2D eigenvalue weighted by molar-refractivity contribution is 0.339. The van der Waals surface area contributed by atoms with Crippen molar-refractivity contribution in [2.24, 2.45) is 31.9 Å². The largest absolute Gasteiger partial charge is 0.493 e. The van der Waals surface area contributed by atoms with E-state index in [1.54, 1.807) is 0 Å². The van der Waals surface area contributed by atoms with Crippen LogP contribution in [0.25, 0.3) is 0 Å². The highest BCUT2D eigenvalue weighted by atomic mass is 16.5. The zero-order valence-corrected chi connectivity index (χ0v) is 15.9. The fourth-order valence-electron chi connectivity index (χ4n) is 2.16. The predicted molar refractivity (Wildman–Crippen MR) is 114 cm³/mol. The molecule has 0 atom stereocenters. The number of ether oxygens (including phenoxy) is 2. The summed E-state index contributed by atoms with van der Waals surface area (Å²) in [6, 6.07) is 14.9. The minimum atomic E-state index is -0.0413. The van der Waals surface area contributed by atoms with Gasteiger partial charge in [0.25, 0.3) is 0 Å². The van der Waals surface area contributed by atoms with Gasteiger partial charge in [-0.3, -0.25) is 0 Å². The van der Waals surface area contributed by atoms with Crippen molar-refractivity contribution in [2.75, 3.05) is 13.2 Å². The van der Waals surface area contributed by atoms with Crippen LogP contribution in [0, 0.1) is 0 Å². The monoisotopic (exact) mass is 380 g/mol. The van der Waals surface area contributed by atoms with Gasteiger partial charge in [-0.25, -0.2) is 0 Å². The van der Waals surface area contributed by atoms with Gasteiger partial charge < -0.3 is 20.9 Å². The Kier molecular flexibility index (Phi) is 8.19. The lowest BCUT2D eigenvalue weighted by atomic mass is 10.2. The van der Waals surface area contributed by atoms with Gasteiger partial charge in [0.2, 0.25) is 0 Å². The number of hydrogen-bond donors (Lipinski definition) is 2. The molecule has 146 valence electrons. The molecule has 0 spiro atoms. The third kappa shape index (κ3) is 6.24. The molecule has 0 aliphatic rings. The van der Waals surface area contributed by atoms with Crippen molar-refractivity contribution in [2.45, 2.75) is 13.8 Å². The maximum atomic E-state index is 5.79. The van der Waals surface area contributed by atoms with Crippen molar-refractivity contribution in [3.8, 4) is 11.5 Å². The average molecular weight is 380 g/mol. The van der Waals surface area contributed by atoms with Crippen molar-refractivity contribution in [3.05, 3.63) is 59.7 Å². The van der Waals surface area contributed by atoms with Crippen molar-refractivity contribution in [3.63, 3.8) is 0 Å². The van der Waals surface area contributed by atoms with Crippen LogP contribution in [0.2, 0.25) is 0 Å². The summed E-state index contributed by atoms with van der Waals surface area (Å²) in [7, 11) is 0. The Bertz CT molecular complexity index is 816. The number of rotatable bonds is 8. The van der Waals surface area contributed by atoms with Crippen LogP contribution in [0.5, 0.6) is 11.5 Å². The first-order valence-electron chi connectivity index (χ1n) is 8.82. The quantitative estimate of drug-likeness (QED) is 0.415. The molecule has 2 aromatic carbocycles. The maximum Gasteiger partial charge on any atom is 0.190 e. The Balaban J connectivity index is 2.06. The van der Waals surface area contributed by atoms with Gasteiger partial charge in [-0.15, -0.1) is 10.2 Å². The van der Waals surface area contributed by atoms with Gasteiger partial charge in [0.15, 0.2) is 11.7 Å². The van der Waals surface area contributed by atoms with E-state index in [0.29, 0.717) is 24.7 Å². The van der Waals surface area contributed by atoms with E-state index < -0.39 is 0 Å². The summed E-state index contributed by atoms with van der Waals surface area (Å²) >= 11 is 0. The van der Waals surface area contributed by atoms with Gasteiger partial charge in [-0.2, -0.15) is 10.2 Å². The molecule has 8 heteroatoms. The van der Waals surface area contributed by atoms with E-state index in [4.69, 9.17) is 20.9 Å². The second-order valence-corrected chi connectivity index (χ2v) is 5.40. The first-order chi connectivity index (χ1) is 13.7. The number of para-hydroxylation sites is 2. The molecule has 0 unspecified atom stereocenters. The number of hydrogen-bond acceptors (Lipinski definition) is 6. The Morgan fingerprint density at radius 1 is 0.750 bits per heavy atom. The maximum absolute atomic E-state index is 5.79. The van der Waals surface area contributed by atoms with Gasteiger partial charge in [-0.1, -0.05) is 24.3 Å². The number of benzene rings is 2. The van der Waals surface area contributed by atoms with E-state index in [2.05, 4.69) is 20.4 Å². The molecule has 0 amide bonds. The van der Waals surface area contributed by atoms with Gasteiger partial charge in [0.05, 0.1) is 25.6 Å². The summed E-state index contributed by atoms with van der Waals surface area (Å²) in [5, 5.41) is 15.6. The summed E-state index contributed by atoms with van der Waals surface area (Å²) in [5.74, 6) is 1.34. The summed E-state index contributed by atoms with van der Waals surface area (Å²) in [6.45, 7) is 4.93. The first-order valence-corrected chi connectivity index (χ1v) is 8.82. The van der Waals surface area contributed by atoms with Crippen LogP contribution in [0.15, 0.2) is 68.9 Å². The van der Waals surface area contributed by atoms with Gasteiger partial charge in [0.1, 0.15) is 11.5 Å². The molecular formula is C20H24N6O2. The lowest BCUT2D eigenvalue weighted by Gasteiger charge is -2.05. The van der Waals surface area contributed by atoms with Crippen molar-refractivity contribution in [1.82, 2.24) is 0 Å². The molecule has 2 aromatic rings. The van der Waals surface area contributed by atoms with Gasteiger partial charge in [-0.05, 0) is 38.1 Å². The summed E-state index contributed by atoms with van der Waals surface area (Å²) in [4.78, 5) is 0. The predicted octanol–water partition coefficient (Wildman–Crippen LogP) is 2.57. The summed E-state index contributed by atoms with van der Waals surface area (Å²) in [6.07, 6.45) is 3.07. The van der Waals surface area contributed by atoms with Crippen LogP contribution >= 0.6 is 0 Å². The van der Waals surface area contributed by atoms with Gasteiger partial charge >= 0.3 is 0 Å². The Labute approximate surface area is 164 Å². The lowest BCUT2D eigenvalue weighted by Crippen LogP contribution is -2.30. The van der Waals surface area contributed by atoms with Crippen molar-refractivity contribution < 1.29 is 9.47 Å².